The molecule has 0 aliphatic carbocycles. The molecule has 2 aromatic heterocycles. The third kappa shape index (κ3) is 5.40. The van der Waals surface area contributed by atoms with Gasteiger partial charge < -0.3 is 4.74 Å². The molecule has 158 valence electrons. The molecule has 1 aliphatic rings. The molecular weight excluding hydrogens is 462 g/mol. The molecule has 6 nitrogen and oxygen atoms in total. The monoisotopic (exact) mass is 481 g/mol. The van der Waals surface area contributed by atoms with Crippen LogP contribution in [0.1, 0.15) is 16.3 Å². The summed E-state index contributed by atoms with van der Waals surface area (Å²) in [6, 6.07) is 11.2. The number of thiazole rings is 1. The molecule has 0 unspecified atom stereocenters. The van der Waals surface area contributed by atoms with Crippen molar-refractivity contribution in [2.45, 2.75) is 22.1 Å². The molecule has 0 saturated carbocycles. The van der Waals surface area contributed by atoms with Crippen LogP contribution in [0.3, 0.4) is 0 Å². The highest BCUT2D eigenvalue weighted by molar-refractivity contribution is 7.98. The molecule has 4 rings (SSSR count). The summed E-state index contributed by atoms with van der Waals surface area (Å²) >= 11 is 9.10. The predicted octanol–water partition coefficient (Wildman–Crippen LogP) is 4.10. The number of hydrogen-bond donors (Lipinski definition) is 0. The van der Waals surface area contributed by atoms with Crippen LogP contribution < -0.4 is 0 Å². The lowest BCUT2D eigenvalue weighted by Crippen LogP contribution is -2.40. The van der Waals surface area contributed by atoms with Crippen molar-refractivity contribution in [1.82, 2.24) is 14.3 Å². The van der Waals surface area contributed by atoms with Crippen molar-refractivity contribution < 1.29 is 13.2 Å². The normalized spacial score (nSPS) is 15.4. The summed E-state index contributed by atoms with van der Waals surface area (Å²) in [5, 5.41) is 4.59. The van der Waals surface area contributed by atoms with Gasteiger partial charge >= 0.3 is 0 Å². The standard InChI is InChI=1S/C20H20ClN3O3S3/c21-16-3-1-15(2-4-16)11-20-23-17(14-29-20)13-28-19-6-5-18(12-22-19)30(25,26)24-7-9-27-10-8-24/h1-6,12,14H,7-11,13H2. The van der Waals surface area contributed by atoms with Crippen molar-refractivity contribution in [3.05, 3.63) is 69.3 Å². The number of aromatic nitrogens is 2. The molecular formula is C20H20ClN3O3S3. The molecule has 1 aromatic carbocycles. The number of nitrogens with zero attached hydrogens (tertiary/aromatic N) is 3. The average Bonchev–Trinajstić information content (AvgIpc) is 3.22. The first-order chi connectivity index (χ1) is 14.5. The number of thioether (sulfide) groups is 1. The molecule has 0 atom stereocenters. The van der Waals surface area contributed by atoms with E-state index in [-0.39, 0.29) is 4.90 Å². The second kappa shape index (κ2) is 9.76. The van der Waals surface area contributed by atoms with Gasteiger partial charge in [0, 0.05) is 41.9 Å². The summed E-state index contributed by atoms with van der Waals surface area (Å²) in [6.07, 6.45) is 2.21. The Balaban J connectivity index is 1.34. The van der Waals surface area contributed by atoms with Crippen molar-refractivity contribution >= 4 is 44.7 Å². The van der Waals surface area contributed by atoms with E-state index in [0.717, 1.165) is 27.2 Å². The first-order valence-corrected chi connectivity index (χ1v) is 13.0. The van der Waals surface area contributed by atoms with Gasteiger partial charge in [-0.1, -0.05) is 23.7 Å². The van der Waals surface area contributed by atoms with E-state index < -0.39 is 10.0 Å². The maximum Gasteiger partial charge on any atom is 0.244 e. The number of sulfonamides is 1. The van der Waals surface area contributed by atoms with Crippen LogP contribution in [-0.2, 0) is 26.9 Å². The zero-order chi connectivity index (χ0) is 21.0. The number of benzene rings is 1. The maximum absolute atomic E-state index is 12.7. The zero-order valence-electron chi connectivity index (χ0n) is 16.0. The van der Waals surface area contributed by atoms with Crippen molar-refractivity contribution in [3.63, 3.8) is 0 Å². The minimum atomic E-state index is -3.51. The summed E-state index contributed by atoms with van der Waals surface area (Å²) in [6.45, 7) is 1.60. The lowest BCUT2D eigenvalue weighted by molar-refractivity contribution is 0.0730. The zero-order valence-corrected chi connectivity index (χ0v) is 19.2. The van der Waals surface area contributed by atoms with E-state index in [1.54, 1.807) is 23.5 Å². The summed E-state index contributed by atoms with van der Waals surface area (Å²) in [5.41, 5.74) is 2.16. The molecule has 1 aliphatic heterocycles. The Morgan fingerprint density at radius 3 is 2.60 bits per heavy atom. The van der Waals surface area contributed by atoms with Crippen molar-refractivity contribution in [1.29, 1.82) is 0 Å². The summed E-state index contributed by atoms with van der Waals surface area (Å²) in [5.74, 6) is 0.680. The first kappa shape index (κ1) is 21.7. The van der Waals surface area contributed by atoms with Crippen LogP contribution in [0.25, 0.3) is 0 Å². The van der Waals surface area contributed by atoms with Gasteiger partial charge in [0.25, 0.3) is 0 Å². The predicted molar refractivity (Wildman–Crippen MR) is 120 cm³/mol. The molecule has 3 aromatic rings. The minimum Gasteiger partial charge on any atom is -0.379 e. The van der Waals surface area contributed by atoms with Crippen LogP contribution in [0.4, 0.5) is 0 Å². The molecule has 0 spiro atoms. The van der Waals surface area contributed by atoms with E-state index in [4.69, 9.17) is 16.3 Å². The van der Waals surface area contributed by atoms with Gasteiger partial charge in [-0.2, -0.15) is 4.31 Å². The molecule has 1 saturated heterocycles. The van der Waals surface area contributed by atoms with Gasteiger partial charge in [-0.25, -0.2) is 18.4 Å². The van der Waals surface area contributed by atoms with Crippen LogP contribution in [0.15, 0.2) is 57.9 Å². The second-order valence-corrected chi connectivity index (χ2v) is 11.0. The number of morpholine rings is 1. The third-order valence-corrected chi connectivity index (χ3v) is 8.56. The number of pyridine rings is 1. The Morgan fingerprint density at radius 1 is 1.13 bits per heavy atom. The fraction of sp³-hybridized carbons (Fsp3) is 0.300. The molecule has 0 N–H and O–H groups in total. The number of hydrogen-bond acceptors (Lipinski definition) is 7. The van der Waals surface area contributed by atoms with Gasteiger partial charge in [0.1, 0.15) is 4.90 Å². The first-order valence-electron chi connectivity index (χ1n) is 9.35. The summed E-state index contributed by atoms with van der Waals surface area (Å²) < 4.78 is 32.0. The van der Waals surface area contributed by atoms with E-state index in [0.29, 0.717) is 32.1 Å². The van der Waals surface area contributed by atoms with Crippen LogP contribution in [0.2, 0.25) is 5.02 Å². The van der Waals surface area contributed by atoms with E-state index in [1.165, 1.54) is 27.8 Å². The van der Waals surface area contributed by atoms with Gasteiger partial charge in [0.15, 0.2) is 0 Å². The van der Waals surface area contributed by atoms with Crippen LogP contribution in [-0.4, -0.2) is 49.0 Å². The number of halogens is 1. The van der Waals surface area contributed by atoms with E-state index >= 15 is 0 Å². The highest BCUT2D eigenvalue weighted by Crippen LogP contribution is 2.25. The molecule has 1 fully saturated rings. The van der Waals surface area contributed by atoms with Gasteiger partial charge in [0.2, 0.25) is 10.0 Å². The number of ether oxygens (including phenoxy) is 1. The smallest absolute Gasteiger partial charge is 0.244 e. The molecule has 0 radical (unpaired) electrons. The number of rotatable bonds is 7. The van der Waals surface area contributed by atoms with Gasteiger partial charge in [-0.3, -0.25) is 0 Å². The Labute approximate surface area is 189 Å². The molecule has 0 bridgehead atoms. The largest absolute Gasteiger partial charge is 0.379 e. The van der Waals surface area contributed by atoms with Gasteiger partial charge in [0.05, 0.1) is 28.9 Å². The highest BCUT2D eigenvalue weighted by Gasteiger charge is 2.26. The Kier molecular flexibility index (Phi) is 7.07. The molecule has 30 heavy (non-hydrogen) atoms. The van der Waals surface area contributed by atoms with E-state index in [1.807, 2.05) is 24.3 Å². The van der Waals surface area contributed by atoms with Crippen molar-refractivity contribution in [2.75, 3.05) is 26.3 Å². The van der Waals surface area contributed by atoms with Gasteiger partial charge in [-0.15, -0.1) is 23.1 Å². The topological polar surface area (TPSA) is 72.4 Å². The van der Waals surface area contributed by atoms with Crippen LogP contribution in [0.5, 0.6) is 0 Å². The minimum absolute atomic E-state index is 0.215. The van der Waals surface area contributed by atoms with Crippen molar-refractivity contribution in [3.8, 4) is 0 Å². The molecule has 10 heteroatoms. The Hall–Kier alpha value is -1.49. The molecule has 0 amide bonds. The fourth-order valence-corrected chi connectivity index (χ4v) is 6.11. The summed E-state index contributed by atoms with van der Waals surface area (Å²) in [4.78, 5) is 9.23. The average molecular weight is 482 g/mol. The SMILES string of the molecule is O=S(=O)(c1ccc(SCc2csc(Cc3ccc(Cl)cc3)n2)nc1)N1CCOCC1. The lowest BCUT2D eigenvalue weighted by atomic mass is 10.2. The Morgan fingerprint density at radius 2 is 1.90 bits per heavy atom. The van der Waals surface area contributed by atoms with E-state index in [2.05, 4.69) is 15.3 Å². The third-order valence-electron chi connectivity index (χ3n) is 4.55. The highest BCUT2D eigenvalue weighted by atomic mass is 35.5. The quantitative estimate of drug-likeness (QED) is 0.473. The Bertz CT molecular complexity index is 1080. The van der Waals surface area contributed by atoms with Crippen LogP contribution >= 0.6 is 34.7 Å². The van der Waals surface area contributed by atoms with Crippen LogP contribution in [0, 0.1) is 0 Å². The molecule has 3 heterocycles. The summed E-state index contributed by atoms with van der Waals surface area (Å²) in [7, 11) is -3.51. The van der Waals surface area contributed by atoms with E-state index in [9.17, 15) is 8.42 Å². The second-order valence-electron chi connectivity index (χ2n) is 6.67. The van der Waals surface area contributed by atoms with Crippen molar-refractivity contribution in [2.24, 2.45) is 0 Å². The fourth-order valence-electron chi connectivity index (χ4n) is 2.96. The lowest BCUT2D eigenvalue weighted by Gasteiger charge is -2.25. The van der Waals surface area contributed by atoms with Gasteiger partial charge in [-0.05, 0) is 29.8 Å². The maximum atomic E-state index is 12.7.